The Bertz CT molecular complexity index is 294. The molecule has 2 unspecified atom stereocenters. The van der Waals surface area contributed by atoms with Crippen LogP contribution in [0.25, 0.3) is 0 Å². The molecule has 0 aliphatic carbocycles. The van der Waals surface area contributed by atoms with Gasteiger partial charge in [-0.05, 0) is 52.7 Å². The first-order valence-electron chi connectivity index (χ1n) is 8.14. The Morgan fingerprint density at radius 3 is 2.40 bits per heavy atom. The smallest absolute Gasteiger partial charge is 0.240 e. The van der Waals surface area contributed by atoms with Crippen LogP contribution in [0, 0.1) is 5.92 Å². The molecule has 0 radical (unpaired) electrons. The first kappa shape index (κ1) is 17.4. The van der Waals surface area contributed by atoms with Crippen LogP contribution < -0.4 is 10.6 Å². The molecule has 0 saturated carbocycles. The number of carbonyl (C=O) groups excluding carboxylic acids is 1. The third-order valence-corrected chi connectivity index (χ3v) is 4.85. The minimum absolute atomic E-state index is 0.162. The van der Waals surface area contributed by atoms with E-state index in [2.05, 4.69) is 43.5 Å². The fourth-order valence-electron chi connectivity index (χ4n) is 3.25. The molecule has 1 amide bonds. The van der Waals surface area contributed by atoms with Crippen molar-refractivity contribution in [3.8, 4) is 0 Å². The number of hydrogen-bond acceptors (Lipinski definition) is 3. The highest BCUT2D eigenvalue weighted by atomic mass is 16.2. The van der Waals surface area contributed by atoms with E-state index in [0.717, 1.165) is 38.8 Å². The van der Waals surface area contributed by atoms with Gasteiger partial charge in [0.2, 0.25) is 5.91 Å². The fourth-order valence-corrected chi connectivity index (χ4v) is 3.25. The molecule has 0 aromatic heterocycles. The van der Waals surface area contributed by atoms with Crippen molar-refractivity contribution >= 4 is 5.91 Å². The molecule has 1 saturated heterocycles. The summed E-state index contributed by atoms with van der Waals surface area (Å²) in [5.41, 5.74) is -0.372. The Morgan fingerprint density at radius 2 is 1.95 bits per heavy atom. The molecular formula is C16H33N3O. The molecule has 0 bridgehead atoms. The second-order valence-corrected chi connectivity index (χ2v) is 6.53. The number of piperidine rings is 1. The Balaban J connectivity index is 2.56. The maximum absolute atomic E-state index is 12.5. The molecule has 1 aliphatic rings. The summed E-state index contributed by atoms with van der Waals surface area (Å²) >= 11 is 0. The molecule has 4 nitrogen and oxygen atoms in total. The van der Waals surface area contributed by atoms with Gasteiger partial charge in [-0.1, -0.05) is 26.7 Å². The van der Waals surface area contributed by atoms with Gasteiger partial charge in [0.1, 0.15) is 0 Å². The van der Waals surface area contributed by atoms with Gasteiger partial charge in [-0.2, -0.15) is 0 Å². The van der Waals surface area contributed by atoms with Gasteiger partial charge in [0.25, 0.3) is 0 Å². The third kappa shape index (κ3) is 4.45. The Kier molecular flexibility index (Phi) is 6.96. The monoisotopic (exact) mass is 283 g/mol. The molecule has 0 aromatic rings. The number of rotatable bonds is 7. The summed E-state index contributed by atoms with van der Waals surface area (Å²) < 4.78 is 0. The SMILES string of the molecule is CCC(CC)C(CNC(=O)C1(C)CCCCN1)N(C)C. The van der Waals surface area contributed by atoms with Gasteiger partial charge < -0.3 is 15.5 Å². The van der Waals surface area contributed by atoms with Crippen molar-refractivity contribution in [2.75, 3.05) is 27.2 Å². The van der Waals surface area contributed by atoms with Crippen LogP contribution in [0.1, 0.15) is 52.9 Å². The Morgan fingerprint density at radius 1 is 1.30 bits per heavy atom. The van der Waals surface area contributed by atoms with E-state index in [4.69, 9.17) is 0 Å². The van der Waals surface area contributed by atoms with Gasteiger partial charge in [-0.25, -0.2) is 0 Å². The summed E-state index contributed by atoms with van der Waals surface area (Å²) in [6.45, 7) is 8.19. The average Bonchev–Trinajstić information content (AvgIpc) is 2.43. The highest BCUT2D eigenvalue weighted by molar-refractivity contribution is 5.86. The molecule has 0 aromatic carbocycles. The van der Waals surface area contributed by atoms with Crippen LogP contribution in [0.3, 0.4) is 0 Å². The summed E-state index contributed by atoms with van der Waals surface area (Å²) in [5, 5.41) is 6.56. The normalized spacial score (nSPS) is 24.9. The first-order chi connectivity index (χ1) is 9.44. The summed E-state index contributed by atoms with van der Waals surface area (Å²) in [4.78, 5) is 14.7. The molecule has 1 rings (SSSR count). The largest absolute Gasteiger partial charge is 0.353 e. The predicted octanol–water partition coefficient (Wildman–Crippen LogP) is 2.00. The molecule has 118 valence electrons. The minimum Gasteiger partial charge on any atom is -0.353 e. The van der Waals surface area contributed by atoms with Crippen molar-refractivity contribution in [3.05, 3.63) is 0 Å². The zero-order valence-corrected chi connectivity index (χ0v) is 14.0. The van der Waals surface area contributed by atoms with Crippen LogP contribution in [0.4, 0.5) is 0 Å². The topological polar surface area (TPSA) is 44.4 Å². The van der Waals surface area contributed by atoms with Crippen LogP contribution in [0.5, 0.6) is 0 Å². The van der Waals surface area contributed by atoms with Crippen LogP contribution in [-0.4, -0.2) is 49.6 Å². The van der Waals surface area contributed by atoms with Crippen molar-refractivity contribution in [1.82, 2.24) is 15.5 Å². The lowest BCUT2D eigenvalue weighted by Gasteiger charge is -2.36. The number of likely N-dealkylation sites (N-methyl/N-ethyl adjacent to an activating group) is 1. The van der Waals surface area contributed by atoms with E-state index in [-0.39, 0.29) is 11.4 Å². The van der Waals surface area contributed by atoms with Crippen molar-refractivity contribution in [3.63, 3.8) is 0 Å². The Hall–Kier alpha value is -0.610. The minimum atomic E-state index is -0.372. The number of nitrogens with zero attached hydrogens (tertiary/aromatic N) is 1. The number of carbonyl (C=O) groups is 1. The second-order valence-electron chi connectivity index (χ2n) is 6.53. The summed E-state index contributed by atoms with van der Waals surface area (Å²) in [5.74, 6) is 0.799. The second kappa shape index (κ2) is 7.99. The molecular weight excluding hydrogens is 250 g/mol. The van der Waals surface area contributed by atoms with Crippen molar-refractivity contribution in [1.29, 1.82) is 0 Å². The molecule has 20 heavy (non-hydrogen) atoms. The molecule has 4 heteroatoms. The zero-order chi connectivity index (χ0) is 15.2. The quantitative estimate of drug-likeness (QED) is 0.751. The first-order valence-corrected chi connectivity index (χ1v) is 8.14. The van der Waals surface area contributed by atoms with Crippen molar-refractivity contribution in [2.24, 2.45) is 5.92 Å². The van der Waals surface area contributed by atoms with Crippen LogP contribution >= 0.6 is 0 Å². The van der Waals surface area contributed by atoms with E-state index in [1.807, 2.05) is 6.92 Å². The standard InChI is InChI=1S/C16H33N3O/c1-6-13(7-2)14(19(4)5)12-17-15(20)16(3)10-8-9-11-18-16/h13-14,18H,6-12H2,1-5H3,(H,17,20). The zero-order valence-electron chi connectivity index (χ0n) is 14.0. The van der Waals surface area contributed by atoms with Crippen LogP contribution in [-0.2, 0) is 4.79 Å². The summed E-state index contributed by atoms with van der Waals surface area (Å²) in [6, 6.07) is 0.418. The third-order valence-electron chi connectivity index (χ3n) is 4.85. The van der Waals surface area contributed by atoms with Gasteiger partial charge >= 0.3 is 0 Å². The van der Waals surface area contributed by atoms with E-state index in [9.17, 15) is 4.79 Å². The van der Waals surface area contributed by atoms with E-state index in [1.54, 1.807) is 0 Å². The van der Waals surface area contributed by atoms with E-state index in [1.165, 1.54) is 6.42 Å². The molecule has 0 spiro atoms. The van der Waals surface area contributed by atoms with Gasteiger partial charge in [-0.15, -0.1) is 0 Å². The average molecular weight is 283 g/mol. The van der Waals surface area contributed by atoms with Crippen molar-refractivity contribution in [2.45, 2.75) is 64.5 Å². The van der Waals surface area contributed by atoms with E-state index < -0.39 is 0 Å². The molecule has 1 aliphatic heterocycles. The van der Waals surface area contributed by atoms with Crippen molar-refractivity contribution < 1.29 is 4.79 Å². The highest BCUT2D eigenvalue weighted by Gasteiger charge is 2.34. The summed E-state index contributed by atoms with van der Waals surface area (Å²) in [7, 11) is 4.21. The maximum Gasteiger partial charge on any atom is 0.240 e. The molecule has 2 atom stereocenters. The lowest BCUT2D eigenvalue weighted by atomic mass is 9.89. The number of hydrogen-bond donors (Lipinski definition) is 2. The fraction of sp³-hybridized carbons (Fsp3) is 0.938. The van der Waals surface area contributed by atoms with Crippen LogP contribution in [0.15, 0.2) is 0 Å². The molecule has 1 fully saturated rings. The predicted molar refractivity (Wildman–Crippen MR) is 84.8 cm³/mol. The molecule has 2 N–H and O–H groups in total. The molecule has 1 heterocycles. The van der Waals surface area contributed by atoms with Crippen LogP contribution in [0.2, 0.25) is 0 Å². The summed E-state index contributed by atoms with van der Waals surface area (Å²) in [6.07, 6.45) is 5.57. The number of nitrogens with one attached hydrogen (secondary N) is 2. The number of amides is 1. The maximum atomic E-state index is 12.5. The van der Waals surface area contributed by atoms with Gasteiger partial charge in [0.05, 0.1) is 5.54 Å². The van der Waals surface area contributed by atoms with E-state index >= 15 is 0 Å². The highest BCUT2D eigenvalue weighted by Crippen LogP contribution is 2.20. The van der Waals surface area contributed by atoms with Gasteiger partial charge in [0, 0.05) is 12.6 Å². The Labute approximate surface area is 124 Å². The van der Waals surface area contributed by atoms with E-state index in [0.29, 0.717) is 12.0 Å². The lowest BCUT2D eigenvalue weighted by molar-refractivity contribution is -0.128. The van der Waals surface area contributed by atoms with Gasteiger partial charge in [-0.3, -0.25) is 4.79 Å². The van der Waals surface area contributed by atoms with Gasteiger partial charge in [0.15, 0.2) is 0 Å². The lowest BCUT2D eigenvalue weighted by Crippen LogP contribution is -2.58.